The van der Waals surface area contributed by atoms with Crippen molar-refractivity contribution in [2.24, 2.45) is 5.73 Å². The zero-order chi connectivity index (χ0) is 8.10. The summed E-state index contributed by atoms with van der Waals surface area (Å²) in [5.74, 6) is 0. The van der Waals surface area contributed by atoms with Gasteiger partial charge in [-0.3, -0.25) is 4.98 Å². The fourth-order valence-electron chi connectivity index (χ4n) is 0.874. The first-order chi connectivity index (χ1) is 5.33. The average molecular weight is 221 g/mol. The summed E-state index contributed by atoms with van der Waals surface area (Å²) >= 11 is 0. The molecular weight excluding hydrogens is 207 g/mol. The summed E-state index contributed by atoms with van der Waals surface area (Å²) in [7, 11) is 0. The molecule has 0 radical (unpaired) electrons. The molecule has 0 amide bonds. The van der Waals surface area contributed by atoms with Crippen LogP contribution in [0.2, 0.25) is 0 Å². The number of aryl methyl sites for hydroxylation is 1. The van der Waals surface area contributed by atoms with E-state index in [-0.39, 0.29) is 24.8 Å². The summed E-state index contributed by atoms with van der Waals surface area (Å²) in [5, 5.41) is 0. The molecule has 0 fully saturated rings. The highest BCUT2D eigenvalue weighted by Crippen LogP contribution is 2.02. The van der Waals surface area contributed by atoms with Gasteiger partial charge in [-0.1, -0.05) is 12.2 Å². The van der Waals surface area contributed by atoms with E-state index in [1.165, 1.54) is 5.56 Å². The third-order valence-corrected chi connectivity index (χ3v) is 1.34. The van der Waals surface area contributed by atoms with E-state index in [1.807, 2.05) is 31.5 Å². The quantitative estimate of drug-likeness (QED) is 0.831. The summed E-state index contributed by atoms with van der Waals surface area (Å²) in [6.45, 7) is 2.60. The molecule has 0 aromatic carbocycles. The molecule has 1 aromatic heterocycles. The molecule has 0 saturated carbocycles. The molecule has 0 aliphatic carbocycles. The first kappa shape index (κ1) is 14.9. The van der Waals surface area contributed by atoms with Crippen molar-refractivity contribution in [3.05, 3.63) is 35.7 Å². The normalized spacial score (nSPS) is 9.08. The molecule has 13 heavy (non-hydrogen) atoms. The third kappa shape index (κ3) is 5.64. The largest absolute Gasteiger partial charge is 0.327 e. The fraction of sp³-hybridized carbons (Fsp3) is 0.222. The van der Waals surface area contributed by atoms with Gasteiger partial charge in [-0.05, 0) is 24.1 Å². The van der Waals surface area contributed by atoms with Crippen LogP contribution in [0.4, 0.5) is 0 Å². The number of rotatable bonds is 2. The Morgan fingerprint density at radius 1 is 1.38 bits per heavy atom. The van der Waals surface area contributed by atoms with Crippen molar-refractivity contribution in [1.29, 1.82) is 0 Å². The highest BCUT2D eigenvalue weighted by atomic mass is 35.5. The Balaban J connectivity index is 0. The van der Waals surface area contributed by atoms with Crippen LogP contribution in [0.5, 0.6) is 0 Å². The number of nitrogens with zero attached hydrogens (tertiary/aromatic N) is 1. The van der Waals surface area contributed by atoms with E-state index in [1.54, 1.807) is 0 Å². The minimum Gasteiger partial charge on any atom is -0.327 e. The maximum Gasteiger partial charge on any atom is 0.0340 e. The van der Waals surface area contributed by atoms with Gasteiger partial charge < -0.3 is 5.73 Å². The Morgan fingerprint density at radius 2 is 2.08 bits per heavy atom. The van der Waals surface area contributed by atoms with Crippen molar-refractivity contribution in [2.45, 2.75) is 6.92 Å². The molecule has 0 bridgehead atoms. The zero-order valence-corrected chi connectivity index (χ0v) is 9.07. The van der Waals surface area contributed by atoms with Gasteiger partial charge in [-0.25, -0.2) is 0 Å². The lowest BCUT2D eigenvalue weighted by Gasteiger charge is -1.93. The molecule has 1 aromatic rings. The van der Waals surface area contributed by atoms with Crippen molar-refractivity contribution in [3.8, 4) is 0 Å². The van der Waals surface area contributed by atoms with Crippen LogP contribution in [-0.4, -0.2) is 11.5 Å². The Bertz CT molecular complexity index is 262. The van der Waals surface area contributed by atoms with Crippen molar-refractivity contribution in [1.82, 2.24) is 4.98 Å². The molecular formula is C9H14Cl2N2. The molecule has 0 aliphatic rings. The van der Waals surface area contributed by atoms with Gasteiger partial charge >= 0.3 is 0 Å². The molecule has 1 rings (SSSR count). The van der Waals surface area contributed by atoms with Gasteiger partial charge in [0.25, 0.3) is 0 Å². The van der Waals surface area contributed by atoms with E-state index in [4.69, 9.17) is 5.73 Å². The summed E-state index contributed by atoms with van der Waals surface area (Å²) in [4.78, 5) is 4.05. The van der Waals surface area contributed by atoms with Crippen LogP contribution in [0.1, 0.15) is 11.1 Å². The first-order valence-electron chi connectivity index (χ1n) is 3.61. The standard InChI is InChI=1S/C9H12N2.2ClH/c1-8-5-9(3-2-4-10)7-11-6-8;;/h2-3,5-7H,4,10H2,1H3;2*1H/b3-2+;;. The van der Waals surface area contributed by atoms with Crippen LogP contribution >= 0.6 is 24.8 Å². The molecule has 1 heterocycles. The Kier molecular flexibility index (Phi) is 9.24. The predicted octanol–water partition coefficient (Wildman–Crippen LogP) is 2.21. The van der Waals surface area contributed by atoms with Gasteiger partial charge in [0.1, 0.15) is 0 Å². The number of halogens is 2. The van der Waals surface area contributed by atoms with Gasteiger partial charge in [0.15, 0.2) is 0 Å². The van der Waals surface area contributed by atoms with E-state index in [0.717, 1.165) is 5.56 Å². The van der Waals surface area contributed by atoms with Crippen LogP contribution in [0.25, 0.3) is 6.08 Å². The lowest BCUT2D eigenvalue weighted by atomic mass is 10.2. The third-order valence-electron chi connectivity index (χ3n) is 1.34. The maximum atomic E-state index is 5.31. The molecule has 0 unspecified atom stereocenters. The van der Waals surface area contributed by atoms with Gasteiger partial charge in [-0.15, -0.1) is 24.8 Å². The summed E-state index contributed by atoms with van der Waals surface area (Å²) in [6.07, 6.45) is 7.54. The second-order valence-electron chi connectivity index (χ2n) is 2.43. The van der Waals surface area contributed by atoms with Gasteiger partial charge in [0.05, 0.1) is 0 Å². The molecule has 74 valence electrons. The highest BCUT2D eigenvalue weighted by molar-refractivity contribution is 5.85. The highest BCUT2D eigenvalue weighted by Gasteiger charge is 1.86. The Labute approximate surface area is 91.1 Å². The van der Waals surface area contributed by atoms with E-state index in [0.29, 0.717) is 6.54 Å². The maximum absolute atomic E-state index is 5.31. The SMILES string of the molecule is Cc1cncc(/C=C/CN)c1.Cl.Cl. The minimum absolute atomic E-state index is 0. The molecule has 2 nitrogen and oxygen atoms in total. The van der Waals surface area contributed by atoms with E-state index in [2.05, 4.69) is 11.1 Å². The lowest BCUT2D eigenvalue weighted by Crippen LogP contribution is -1.92. The number of pyridine rings is 1. The first-order valence-corrected chi connectivity index (χ1v) is 3.61. The molecule has 0 saturated heterocycles. The summed E-state index contributed by atoms with van der Waals surface area (Å²) in [5.41, 5.74) is 7.58. The lowest BCUT2D eigenvalue weighted by molar-refractivity contribution is 1.24. The van der Waals surface area contributed by atoms with E-state index in [9.17, 15) is 0 Å². The molecule has 0 atom stereocenters. The number of hydrogen-bond acceptors (Lipinski definition) is 2. The van der Waals surface area contributed by atoms with Crippen molar-refractivity contribution >= 4 is 30.9 Å². The van der Waals surface area contributed by atoms with Gasteiger partial charge in [0, 0.05) is 18.9 Å². The number of nitrogens with two attached hydrogens (primary N) is 1. The van der Waals surface area contributed by atoms with E-state index >= 15 is 0 Å². The minimum atomic E-state index is 0. The monoisotopic (exact) mass is 220 g/mol. The Morgan fingerprint density at radius 3 is 2.62 bits per heavy atom. The van der Waals surface area contributed by atoms with Crippen LogP contribution < -0.4 is 5.73 Å². The van der Waals surface area contributed by atoms with Crippen molar-refractivity contribution in [2.75, 3.05) is 6.54 Å². The number of aromatic nitrogens is 1. The van der Waals surface area contributed by atoms with Crippen molar-refractivity contribution in [3.63, 3.8) is 0 Å². The van der Waals surface area contributed by atoms with Crippen LogP contribution in [-0.2, 0) is 0 Å². The fourth-order valence-corrected chi connectivity index (χ4v) is 0.874. The summed E-state index contributed by atoms with van der Waals surface area (Å²) < 4.78 is 0. The van der Waals surface area contributed by atoms with Crippen molar-refractivity contribution < 1.29 is 0 Å². The smallest absolute Gasteiger partial charge is 0.0340 e. The number of hydrogen-bond donors (Lipinski definition) is 1. The second kappa shape index (κ2) is 8.05. The summed E-state index contributed by atoms with van der Waals surface area (Å²) in [6, 6.07) is 2.07. The molecule has 2 N–H and O–H groups in total. The van der Waals surface area contributed by atoms with Crippen LogP contribution in [0.3, 0.4) is 0 Å². The Hall–Kier alpha value is -0.570. The molecule has 0 aliphatic heterocycles. The van der Waals surface area contributed by atoms with Gasteiger partial charge in [-0.2, -0.15) is 0 Å². The topological polar surface area (TPSA) is 38.9 Å². The predicted molar refractivity (Wildman–Crippen MR) is 61.6 cm³/mol. The van der Waals surface area contributed by atoms with Crippen LogP contribution in [0, 0.1) is 6.92 Å². The second-order valence-corrected chi connectivity index (χ2v) is 2.43. The molecule has 4 heteroatoms. The molecule has 0 spiro atoms. The zero-order valence-electron chi connectivity index (χ0n) is 7.43. The average Bonchev–Trinajstić information content (AvgIpc) is 2.01. The van der Waals surface area contributed by atoms with Crippen LogP contribution in [0.15, 0.2) is 24.5 Å². The van der Waals surface area contributed by atoms with E-state index < -0.39 is 0 Å². The van der Waals surface area contributed by atoms with Gasteiger partial charge in [0.2, 0.25) is 0 Å².